The molecule has 1 atom stereocenters. The molecule has 0 saturated heterocycles. The van der Waals surface area contributed by atoms with E-state index in [0.29, 0.717) is 6.04 Å². The largest absolute Gasteiger partial charge is 0.497 e. The van der Waals surface area contributed by atoms with Gasteiger partial charge in [-0.05, 0) is 62.3 Å². The highest BCUT2D eigenvalue weighted by Gasteiger charge is 2.16. The van der Waals surface area contributed by atoms with Gasteiger partial charge in [0.25, 0.3) is 0 Å². The second-order valence-electron chi connectivity index (χ2n) is 6.53. The van der Waals surface area contributed by atoms with Crippen LogP contribution in [0, 0.1) is 0 Å². The third kappa shape index (κ3) is 4.14. The predicted octanol–water partition coefficient (Wildman–Crippen LogP) is 3.41. The Bertz CT molecular complexity index is 635. The van der Waals surface area contributed by atoms with Gasteiger partial charge in [-0.2, -0.15) is 5.10 Å². The molecule has 0 unspecified atom stereocenters. The van der Waals surface area contributed by atoms with Crippen molar-refractivity contribution >= 4 is 0 Å². The Balaban J connectivity index is 1.56. The topological polar surface area (TPSA) is 49.9 Å². The number of ether oxygens (including phenoxy) is 1. The summed E-state index contributed by atoms with van der Waals surface area (Å²) in [6.45, 7) is 3.07. The van der Waals surface area contributed by atoms with E-state index in [1.54, 1.807) is 7.11 Å². The summed E-state index contributed by atoms with van der Waals surface area (Å²) in [6.07, 6.45) is 7.23. The number of nitrogens with one attached hydrogen (secondary N) is 2. The van der Waals surface area contributed by atoms with E-state index in [1.165, 1.54) is 48.2 Å². The molecular weight excluding hydrogens is 286 g/mol. The van der Waals surface area contributed by atoms with E-state index in [2.05, 4.69) is 40.6 Å². The first kappa shape index (κ1) is 16.1. The molecule has 2 N–H and O–H groups in total. The van der Waals surface area contributed by atoms with Gasteiger partial charge in [0.05, 0.1) is 12.8 Å². The van der Waals surface area contributed by atoms with Crippen molar-refractivity contribution in [1.29, 1.82) is 0 Å². The highest BCUT2D eigenvalue weighted by atomic mass is 16.5. The van der Waals surface area contributed by atoms with Crippen molar-refractivity contribution in [3.63, 3.8) is 0 Å². The summed E-state index contributed by atoms with van der Waals surface area (Å²) >= 11 is 0. The van der Waals surface area contributed by atoms with Crippen molar-refractivity contribution < 1.29 is 4.74 Å². The number of hydrogen-bond acceptors (Lipinski definition) is 3. The molecule has 4 nitrogen and oxygen atoms in total. The Hall–Kier alpha value is -1.81. The lowest BCUT2D eigenvalue weighted by Gasteiger charge is -2.14. The van der Waals surface area contributed by atoms with Crippen LogP contribution in [0.3, 0.4) is 0 Å². The molecule has 23 heavy (non-hydrogen) atoms. The van der Waals surface area contributed by atoms with E-state index in [4.69, 9.17) is 4.74 Å². The molecule has 2 aromatic rings. The third-order valence-electron chi connectivity index (χ3n) is 4.69. The lowest BCUT2D eigenvalue weighted by Crippen LogP contribution is -2.28. The average molecular weight is 313 g/mol. The summed E-state index contributed by atoms with van der Waals surface area (Å²) in [4.78, 5) is 0. The van der Waals surface area contributed by atoms with Crippen LogP contribution in [0.2, 0.25) is 0 Å². The molecule has 124 valence electrons. The Kier molecular flexibility index (Phi) is 5.34. The molecule has 0 spiro atoms. The van der Waals surface area contributed by atoms with Crippen molar-refractivity contribution in [2.75, 3.05) is 7.11 Å². The SMILES string of the molecule is COc1cccc(C[C@@H](C)NCc2n[nH]c3c2CCCCC3)c1. The normalized spacial score (nSPS) is 15.7. The van der Waals surface area contributed by atoms with Crippen molar-refractivity contribution in [3.05, 3.63) is 46.8 Å². The third-order valence-corrected chi connectivity index (χ3v) is 4.69. The maximum atomic E-state index is 5.29. The van der Waals surface area contributed by atoms with Gasteiger partial charge in [-0.15, -0.1) is 0 Å². The van der Waals surface area contributed by atoms with E-state index in [9.17, 15) is 0 Å². The van der Waals surface area contributed by atoms with Crippen LogP contribution in [0.4, 0.5) is 0 Å². The molecule has 3 rings (SSSR count). The Morgan fingerprint density at radius 3 is 3.00 bits per heavy atom. The van der Waals surface area contributed by atoms with Crippen molar-refractivity contribution in [3.8, 4) is 5.75 Å². The Labute approximate surface area is 138 Å². The minimum absolute atomic E-state index is 0.403. The number of aryl methyl sites for hydroxylation is 1. The van der Waals surface area contributed by atoms with E-state index in [1.807, 2.05) is 6.07 Å². The van der Waals surface area contributed by atoms with Crippen LogP contribution in [-0.4, -0.2) is 23.3 Å². The molecule has 4 heteroatoms. The fourth-order valence-corrected chi connectivity index (χ4v) is 3.37. The van der Waals surface area contributed by atoms with Gasteiger partial charge in [-0.3, -0.25) is 5.10 Å². The van der Waals surface area contributed by atoms with Crippen LogP contribution in [0.25, 0.3) is 0 Å². The lowest BCUT2D eigenvalue weighted by atomic mass is 10.1. The summed E-state index contributed by atoms with van der Waals surface area (Å²) in [6, 6.07) is 8.70. The highest BCUT2D eigenvalue weighted by Crippen LogP contribution is 2.21. The number of hydrogen-bond donors (Lipinski definition) is 2. The van der Waals surface area contributed by atoms with Gasteiger partial charge in [-0.1, -0.05) is 18.6 Å². The number of rotatable bonds is 6. The first-order valence-corrected chi connectivity index (χ1v) is 8.67. The summed E-state index contributed by atoms with van der Waals surface area (Å²) in [7, 11) is 1.71. The first-order valence-electron chi connectivity index (χ1n) is 8.67. The van der Waals surface area contributed by atoms with Crippen LogP contribution >= 0.6 is 0 Å². The summed E-state index contributed by atoms with van der Waals surface area (Å²) < 4.78 is 5.29. The second kappa shape index (κ2) is 7.64. The molecule has 0 fully saturated rings. The van der Waals surface area contributed by atoms with E-state index >= 15 is 0 Å². The van der Waals surface area contributed by atoms with Crippen molar-refractivity contribution in [1.82, 2.24) is 15.5 Å². The zero-order valence-corrected chi connectivity index (χ0v) is 14.2. The van der Waals surface area contributed by atoms with Crippen LogP contribution in [0.1, 0.15) is 48.7 Å². The summed E-state index contributed by atoms with van der Waals surface area (Å²) in [5.74, 6) is 0.923. The second-order valence-corrected chi connectivity index (χ2v) is 6.53. The zero-order valence-electron chi connectivity index (χ0n) is 14.2. The van der Waals surface area contributed by atoms with E-state index < -0.39 is 0 Å². The number of aromatic amines is 1. The van der Waals surface area contributed by atoms with Crippen molar-refractivity contribution in [2.24, 2.45) is 0 Å². The zero-order chi connectivity index (χ0) is 16.1. The lowest BCUT2D eigenvalue weighted by molar-refractivity contribution is 0.414. The van der Waals surface area contributed by atoms with Gasteiger partial charge in [0.15, 0.2) is 0 Å². The van der Waals surface area contributed by atoms with Gasteiger partial charge < -0.3 is 10.1 Å². The molecule has 1 aliphatic rings. The molecular formula is C19H27N3O. The standard InChI is InChI=1S/C19H27N3O/c1-14(11-15-7-6-8-16(12-15)23-2)20-13-19-17-9-4-3-5-10-18(17)21-22-19/h6-8,12,14,20H,3-5,9-11,13H2,1-2H3,(H,21,22)/t14-/m1/s1. The summed E-state index contributed by atoms with van der Waals surface area (Å²) in [5, 5.41) is 11.4. The maximum absolute atomic E-state index is 5.29. The van der Waals surface area contributed by atoms with Crippen molar-refractivity contribution in [2.45, 2.75) is 58.0 Å². The Morgan fingerprint density at radius 1 is 1.26 bits per heavy atom. The minimum atomic E-state index is 0.403. The molecule has 0 radical (unpaired) electrons. The number of methoxy groups -OCH3 is 1. The molecule has 0 bridgehead atoms. The molecule has 0 amide bonds. The monoisotopic (exact) mass is 313 g/mol. The van der Waals surface area contributed by atoms with Crippen LogP contribution in [0.15, 0.2) is 24.3 Å². The first-order chi connectivity index (χ1) is 11.3. The van der Waals surface area contributed by atoms with E-state index in [-0.39, 0.29) is 0 Å². The highest BCUT2D eigenvalue weighted by molar-refractivity contribution is 5.29. The summed E-state index contributed by atoms with van der Waals surface area (Å²) in [5.41, 5.74) is 5.33. The fraction of sp³-hybridized carbons (Fsp3) is 0.526. The van der Waals surface area contributed by atoms with E-state index in [0.717, 1.165) is 25.1 Å². The predicted molar refractivity (Wildman–Crippen MR) is 92.8 cm³/mol. The quantitative estimate of drug-likeness (QED) is 0.804. The van der Waals surface area contributed by atoms with Gasteiger partial charge in [-0.25, -0.2) is 0 Å². The maximum Gasteiger partial charge on any atom is 0.119 e. The average Bonchev–Trinajstić information content (AvgIpc) is 2.79. The Morgan fingerprint density at radius 2 is 2.13 bits per heavy atom. The van der Waals surface area contributed by atoms with Crippen LogP contribution in [-0.2, 0) is 25.8 Å². The number of nitrogens with zero attached hydrogens (tertiary/aromatic N) is 1. The molecule has 1 aromatic carbocycles. The van der Waals surface area contributed by atoms with Crippen LogP contribution < -0.4 is 10.1 Å². The van der Waals surface area contributed by atoms with Gasteiger partial charge in [0.2, 0.25) is 0 Å². The van der Waals surface area contributed by atoms with Crippen LogP contribution in [0.5, 0.6) is 5.75 Å². The van der Waals surface area contributed by atoms with Gasteiger partial charge >= 0.3 is 0 Å². The molecule has 1 aliphatic carbocycles. The minimum Gasteiger partial charge on any atom is -0.497 e. The molecule has 1 heterocycles. The molecule has 1 aromatic heterocycles. The number of aromatic nitrogens is 2. The number of H-pyrrole nitrogens is 1. The fourth-order valence-electron chi connectivity index (χ4n) is 3.37. The molecule has 0 aliphatic heterocycles. The molecule has 0 saturated carbocycles. The van der Waals surface area contributed by atoms with Gasteiger partial charge in [0, 0.05) is 18.3 Å². The van der Waals surface area contributed by atoms with Gasteiger partial charge in [0.1, 0.15) is 5.75 Å². The number of fused-ring (bicyclic) bond motifs is 1. The smallest absolute Gasteiger partial charge is 0.119 e. The number of benzene rings is 1.